The molecular formula is C20H27N5O4. The third kappa shape index (κ3) is 5.30. The zero-order valence-electron chi connectivity index (χ0n) is 16.8. The van der Waals surface area contributed by atoms with E-state index in [0.717, 1.165) is 6.42 Å². The average Bonchev–Trinajstić information content (AvgIpc) is 3.20. The zero-order valence-corrected chi connectivity index (χ0v) is 16.8. The van der Waals surface area contributed by atoms with E-state index in [4.69, 9.17) is 4.52 Å². The molecule has 1 amide bonds. The van der Waals surface area contributed by atoms with E-state index in [-0.39, 0.29) is 28.4 Å². The molecular weight excluding hydrogens is 374 g/mol. The molecule has 29 heavy (non-hydrogen) atoms. The fraction of sp³-hybridized carbons (Fsp3) is 0.550. The van der Waals surface area contributed by atoms with Crippen LogP contribution >= 0.6 is 0 Å². The van der Waals surface area contributed by atoms with Gasteiger partial charge in [0.15, 0.2) is 5.82 Å². The molecule has 1 aliphatic heterocycles. The molecule has 0 aliphatic carbocycles. The van der Waals surface area contributed by atoms with Crippen molar-refractivity contribution in [1.29, 1.82) is 0 Å². The van der Waals surface area contributed by atoms with Gasteiger partial charge in [-0.1, -0.05) is 31.1 Å². The molecule has 2 aromatic rings. The highest BCUT2D eigenvalue weighted by atomic mass is 16.6. The Morgan fingerprint density at radius 1 is 1.34 bits per heavy atom. The highest BCUT2D eigenvalue weighted by molar-refractivity contribution is 5.79. The minimum Gasteiger partial charge on any atom is -0.366 e. The molecule has 1 aromatic carbocycles. The molecule has 156 valence electrons. The van der Waals surface area contributed by atoms with Crippen molar-refractivity contribution in [1.82, 2.24) is 15.5 Å². The minimum atomic E-state index is -0.359. The summed E-state index contributed by atoms with van der Waals surface area (Å²) in [6, 6.07) is 6.75. The van der Waals surface area contributed by atoms with Gasteiger partial charge in [-0.25, -0.2) is 0 Å². The van der Waals surface area contributed by atoms with E-state index in [2.05, 4.69) is 15.5 Å². The molecule has 0 saturated carbocycles. The molecule has 0 bridgehead atoms. The van der Waals surface area contributed by atoms with E-state index in [1.165, 1.54) is 6.07 Å². The van der Waals surface area contributed by atoms with Gasteiger partial charge >= 0.3 is 0 Å². The van der Waals surface area contributed by atoms with Crippen molar-refractivity contribution in [2.75, 3.05) is 24.5 Å². The lowest BCUT2D eigenvalue weighted by atomic mass is 9.95. The number of aromatic nitrogens is 2. The second-order valence-corrected chi connectivity index (χ2v) is 7.60. The maximum Gasteiger partial charge on any atom is 0.292 e. The second-order valence-electron chi connectivity index (χ2n) is 7.60. The van der Waals surface area contributed by atoms with Crippen LogP contribution in [-0.4, -0.2) is 40.6 Å². The van der Waals surface area contributed by atoms with Gasteiger partial charge < -0.3 is 14.7 Å². The second kappa shape index (κ2) is 9.49. The zero-order chi connectivity index (χ0) is 20.8. The fourth-order valence-corrected chi connectivity index (χ4v) is 3.47. The van der Waals surface area contributed by atoms with Crippen LogP contribution < -0.4 is 10.2 Å². The number of benzene rings is 1. The number of hydrogen-bond donors (Lipinski definition) is 1. The van der Waals surface area contributed by atoms with Crippen molar-refractivity contribution in [3.05, 3.63) is 46.1 Å². The standard InChI is InChI=1S/C20H27N5O4/c1-14(2)19-22-18(29-23-19)8-5-11-21-20(26)15-9-12-24(13-10-15)16-6-3-4-7-17(16)25(27)28/h3-4,6-7,14-15H,5,8-13H2,1-2H3,(H,21,26). The molecule has 9 nitrogen and oxygen atoms in total. The average molecular weight is 401 g/mol. The minimum absolute atomic E-state index is 0.0422. The molecule has 0 atom stereocenters. The Hall–Kier alpha value is -2.97. The fourth-order valence-electron chi connectivity index (χ4n) is 3.47. The van der Waals surface area contributed by atoms with Gasteiger partial charge in [0.05, 0.1) is 4.92 Å². The summed E-state index contributed by atoms with van der Waals surface area (Å²) in [6.45, 7) is 5.83. The molecule has 1 N–H and O–H groups in total. The van der Waals surface area contributed by atoms with Crippen molar-refractivity contribution in [3.8, 4) is 0 Å². The number of hydrogen-bond acceptors (Lipinski definition) is 7. The van der Waals surface area contributed by atoms with Crippen LogP contribution in [0, 0.1) is 16.0 Å². The predicted molar refractivity (Wildman–Crippen MR) is 108 cm³/mol. The molecule has 1 saturated heterocycles. The Balaban J connectivity index is 1.41. The third-order valence-corrected chi connectivity index (χ3v) is 5.15. The lowest BCUT2D eigenvalue weighted by Crippen LogP contribution is -2.41. The summed E-state index contributed by atoms with van der Waals surface area (Å²) >= 11 is 0. The maximum absolute atomic E-state index is 12.4. The van der Waals surface area contributed by atoms with Crippen LogP contribution in [0.2, 0.25) is 0 Å². The summed E-state index contributed by atoms with van der Waals surface area (Å²) in [5, 5.41) is 18.1. The largest absolute Gasteiger partial charge is 0.366 e. The molecule has 1 aliphatic rings. The number of nitro benzene ring substituents is 1. The molecule has 0 radical (unpaired) electrons. The van der Waals surface area contributed by atoms with Crippen LogP contribution in [0.5, 0.6) is 0 Å². The van der Waals surface area contributed by atoms with Crippen LogP contribution in [0.25, 0.3) is 0 Å². The molecule has 0 spiro atoms. The Morgan fingerprint density at radius 3 is 2.72 bits per heavy atom. The van der Waals surface area contributed by atoms with Crippen molar-refractivity contribution in [2.45, 2.75) is 45.4 Å². The van der Waals surface area contributed by atoms with Crippen molar-refractivity contribution in [2.24, 2.45) is 5.92 Å². The highest BCUT2D eigenvalue weighted by Crippen LogP contribution is 2.31. The summed E-state index contributed by atoms with van der Waals surface area (Å²) in [5.74, 6) is 1.51. The number of anilines is 1. The van der Waals surface area contributed by atoms with Gasteiger partial charge in [0, 0.05) is 44.0 Å². The number of nitrogens with zero attached hydrogens (tertiary/aromatic N) is 4. The molecule has 0 unspecified atom stereocenters. The quantitative estimate of drug-likeness (QED) is 0.411. The third-order valence-electron chi connectivity index (χ3n) is 5.15. The molecule has 2 heterocycles. The van der Waals surface area contributed by atoms with Gasteiger partial charge in [0.1, 0.15) is 5.69 Å². The van der Waals surface area contributed by atoms with Gasteiger partial charge in [-0.15, -0.1) is 0 Å². The van der Waals surface area contributed by atoms with Gasteiger partial charge in [0.25, 0.3) is 5.69 Å². The first-order valence-electron chi connectivity index (χ1n) is 10.0. The Kier molecular flexibility index (Phi) is 6.79. The van der Waals surface area contributed by atoms with Crippen LogP contribution in [0.4, 0.5) is 11.4 Å². The number of piperidine rings is 1. The topological polar surface area (TPSA) is 114 Å². The van der Waals surface area contributed by atoms with Gasteiger partial charge in [-0.3, -0.25) is 14.9 Å². The molecule has 3 rings (SSSR count). The van der Waals surface area contributed by atoms with Crippen LogP contribution in [0.3, 0.4) is 0 Å². The van der Waals surface area contributed by atoms with Crippen molar-refractivity contribution in [3.63, 3.8) is 0 Å². The monoisotopic (exact) mass is 401 g/mol. The molecule has 1 fully saturated rings. The summed E-state index contributed by atoms with van der Waals surface area (Å²) < 4.78 is 5.20. The SMILES string of the molecule is CC(C)c1noc(CCCNC(=O)C2CCN(c3ccccc3[N+](=O)[O-])CC2)n1. The lowest BCUT2D eigenvalue weighted by molar-refractivity contribution is -0.384. The molecule has 9 heteroatoms. The molecule has 1 aromatic heterocycles. The van der Waals surface area contributed by atoms with Crippen molar-refractivity contribution < 1.29 is 14.2 Å². The first-order chi connectivity index (χ1) is 14.0. The predicted octanol–water partition coefficient (Wildman–Crippen LogP) is 3.07. The van der Waals surface area contributed by atoms with Gasteiger partial charge in [-0.2, -0.15) is 4.98 Å². The van der Waals surface area contributed by atoms with E-state index in [0.29, 0.717) is 56.3 Å². The van der Waals surface area contributed by atoms with Crippen LogP contribution in [0.1, 0.15) is 50.7 Å². The normalized spacial score (nSPS) is 14.9. The summed E-state index contributed by atoms with van der Waals surface area (Å²) in [5.41, 5.74) is 0.730. The number of amides is 1. The smallest absolute Gasteiger partial charge is 0.292 e. The number of carbonyl (C=O) groups excluding carboxylic acids is 1. The van der Waals surface area contributed by atoms with Gasteiger partial charge in [0.2, 0.25) is 11.8 Å². The summed E-state index contributed by atoms with van der Waals surface area (Å²) in [6.07, 6.45) is 2.73. The number of nitro groups is 1. The van der Waals surface area contributed by atoms with Crippen LogP contribution in [-0.2, 0) is 11.2 Å². The number of para-hydroxylation sites is 2. The summed E-state index contributed by atoms with van der Waals surface area (Å²) in [4.78, 5) is 29.6. The number of nitrogens with one attached hydrogen (secondary N) is 1. The van der Waals surface area contributed by atoms with Crippen molar-refractivity contribution >= 4 is 17.3 Å². The van der Waals surface area contributed by atoms with Gasteiger partial charge in [-0.05, 0) is 25.3 Å². The van der Waals surface area contributed by atoms with E-state index >= 15 is 0 Å². The van der Waals surface area contributed by atoms with Crippen LogP contribution in [0.15, 0.2) is 28.8 Å². The number of carbonyl (C=O) groups is 1. The Bertz CT molecular complexity index is 843. The lowest BCUT2D eigenvalue weighted by Gasteiger charge is -2.32. The first kappa shape index (κ1) is 20.8. The van der Waals surface area contributed by atoms with E-state index < -0.39 is 0 Å². The van der Waals surface area contributed by atoms with E-state index in [9.17, 15) is 14.9 Å². The maximum atomic E-state index is 12.4. The number of aryl methyl sites for hydroxylation is 1. The first-order valence-corrected chi connectivity index (χ1v) is 10.0. The number of rotatable bonds is 8. The Labute approximate surface area is 169 Å². The highest BCUT2D eigenvalue weighted by Gasteiger charge is 2.27. The summed E-state index contributed by atoms with van der Waals surface area (Å²) in [7, 11) is 0. The Morgan fingerprint density at radius 2 is 2.07 bits per heavy atom. The van der Waals surface area contributed by atoms with E-state index in [1.54, 1.807) is 18.2 Å². The van der Waals surface area contributed by atoms with E-state index in [1.807, 2.05) is 18.7 Å².